The zero-order chi connectivity index (χ0) is 25.2. The molecule has 0 radical (unpaired) electrons. The van der Waals surface area contributed by atoms with E-state index in [9.17, 15) is 13.2 Å². The summed E-state index contributed by atoms with van der Waals surface area (Å²) in [7, 11) is -2.47. The van der Waals surface area contributed by atoms with Gasteiger partial charge in [-0.1, -0.05) is 42.5 Å². The summed E-state index contributed by atoms with van der Waals surface area (Å²) in [6.07, 6.45) is 0.165. The Morgan fingerprint density at radius 2 is 1.66 bits per heavy atom. The van der Waals surface area contributed by atoms with Crippen LogP contribution >= 0.6 is 0 Å². The van der Waals surface area contributed by atoms with Gasteiger partial charge in [-0.3, -0.25) is 4.79 Å². The molecule has 1 amide bonds. The molecule has 1 aliphatic rings. The Kier molecular flexibility index (Phi) is 7.12. The van der Waals surface area contributed by atoms with Crippen LogP contribution in [0.1, 0.15) is 33.5 Å². The number of carbonyl (C=O) groups is 1. The topological polar surface area (TPSA) is 72.9 Å². The van der Waals surface area contributed by atoms with Crippen LogP contribution in [0.3, 0.4) is 0 Å². The number of sulfone groups is 1. The minimum absolute atomic E-state index is 0.00432. The molecule has 184 valence electrons. The van der Waals surface area contributed by atoms with Crippen molar-refractivity contribution < 1.29 is 27.1 Å². The van der Waals surface area contributed by atoms with Gasteiger partial charge in [0, 0.05) is 24.1 Å². The molecule has 3 aromatic carbocycles. The van der Waals surface area contributed by atoms with E-state index in [1.165, 1.54) is 25.3 Å². The number of methoxy groups -OCH3 is 1. The Morgan fingerprint density at radius 1 is 1.00 bits per heavy atom. The smallest absolute Gasteiger partial charge is 0.254 e. The minimum Gasteiger partial charge on any atom is -0.495 e. The largest absolute Gasteiger partial charge is 0.495 e. The lowest BCUT2D eigenvalue weighted by Crippen LogP contribution is -2.32. The molecule has 8 heteroatoms. The summed E-state index contributed by atoms with van der Waals surface area (Å²) in [6.45, 7) is 4.64. The van der Waals surface area contributed by atoms with Gasteiger partial charge in [0.15, 0.2) is 21.4 Å². The standard InChI is InChI=1S/C27H28FNO5S/c1-18-8-6-9-19(2)25(18)27(30)29-15-14-21(16-29)34-23-12-7-10-20(26(23)28)17-35(31,32)24-13-5-4-11-22(24)33-3/h4-13,21H,14-17H2,1-3H3/t21-/m0/s1. The molecule has 3 aromatic rings. The Labute approximate surface area is 205 Å². The maximum Gasteiger partial charge on any atom is 0.254 e. The number of hydrogen-bond donors (Lipinski definition) is 0. The number of aryl methyl sites for hydroxylation is 2. The second kappa shape index (κ2) is 10.1. The molecule has 4 rings (SSSR count). The van der Waals surface area contributed by atoms with E-state index in [0.29, 0.717) is 25.1 Å². The third-order valence-electron chi connectivity index (χ3n) is 6.21. The predicted octanol–water partition coefficient (Wildman–Crippen LogP) is 4.72. The van der Waals surface area contributed by atoms with Crippen molar-refractivity contribution in [2.24, 2.45) is 0 Å². The van der Waals surface area contributed by atoms with Gasteiger partial charge in [-0.25, -0.2) is 12.8 Å². The fraction of sp³-hybridized carbons (Fsp3) is 0.296. The van der Waals surface area contributed by atoms with E-state index in [2.05, 4.69) is 0 Å². The van der Waals surface area contributed by atoms with E-state index in [1.54, 1.807) is 29.2 Å². The first-order valence-electron chi connectivity index (χ1n) is 11.4. The number of para-hydroxylation sites is 1. The number of benzene rings is 3. The van der Waals surface area contributed by atoms with Crippen molar-refractivity contribution in [3.63, 3.8) is 0 Å². The van der Waals surface area contributed by atoms with Crippen molar-refractivity contribution >= 4 is 15.7 Å². The average molecular weight is 498 g/mol. The van der Waals surface area contributed by atoms with Crippen LogP contribution in [-0.4, -0.2) is 45.5 Å². The highest BCUT2D eigenvalue weighted by Crippen LogP contribution is 2.30. The van der Waals surface area contributed by atoms with Crippen molar-refractivity contribution in [3.05, 3.63) is 88.7 Å². The maximum absolute atomic E-state index is 15.3. The monoisotopic (exact) mass is 497 g/mol. The average Bonchev–Trinajstić information content (AvgIpc) is 3.30. The molecular weight excluding hydrogens is 469 g/mol. The molecule has 35 heavy (non-hydrogen) atoms. The fourth-order valence-corrected chi connectivity index (χ4v) is 5.95. The highest BCUT2D eigenvalue weighted by atomic mass is 32.2. The van der Waals surface area contributed by atoms with E-state index in [4.69, 9.17) is 9.47 Å². The molecule has 0 unspecified atom stereocenters. The van der Waals surface area contributed by atoms with Gasteiger partial charge in [-0.2, -0.15) is 0 Å². The van der Waals surface area contributed by atoms with Crippen LogP contribution in [0.2, 0.25) is 0 Å². The van der Waals surface area contributed by atoms with Gasteiger partial charge in [-0.05, 0) is 43.2 Å². The predicted molar refractivity (Wildman–Crippen MR) is 131 cm³/mol. The molecule has 0 N–H and O–H groups in total. The molecule has 6 nitrogen and oxygen atoms in total. The summed E-state index contributed by atoms with van der Waals surface area (Å²) in [6, 6.07) is 16.5. The molecule has 1 heterocycles. The van der Waals surface area contributed by atoms with E-state index in [-0.39, 0.29) is 34.0 Å². The van der Waals surface area contributed by atoms with Gasteiger partial charge >= 0.3 is 0 Å². The third kappa shape index (κ3) is 5.17. The number of hydrogen-bond acceptors (Lipinski definition) is 5. The summed E-state index contributed by atoms with van der Waals surface area (Å²) < 4.78 is 52.3. The van der Waals surface area contributed by atoms with Gasteiger partial charge in [0.05, 0.1) is 19.4 Å². The van der Waals surface area contributed by atoms with Gasteiger partial charge in [0.1, 0.15) is 16.7 Å². The summed E-state index contributed by atoms with van der Waals surface area (Å²) in [4.78, 5) is 14.8. The van der Waals surface area contributed by atoms with Crippen LogP contribution in [-0.2, 0) is 15.6 Å². The third-order valence-corrected chi connectivity index (χ3v) is 7.91. The lowest BCUT2D eigenvalue weighted by Gasteiger charge is -2.20. The van der Waals surface area contributed by atoms with E-state index in [0.717, 1.165) is 11.1 Å². The number of likely N-dealkylation sites (tertiary alicyclic amines) is 1. The fourth-order valence-electron chi connectivity index (χ4n) is 4.42. The summed E-state index contributed by atoms with van der Waals surface area (Å²) in [5.74, 6) is -1.13. The van der Waals surface area contributed by atoms with Crippen molar-refractivity contribution in [3.8, 4) is 11.5 Å². The summed E-state index contributed by atoms with van der Waals surface area (Å²) >= 11 is 0. The molecule has 1 fully saturated rings. The van der Waals surface area contributed by atoms with Crippen LogP contribution in [0.25, 0.3) is 0 Å². The van der Waals surface area contributed by atoms with E-state index < -0.39 is 21.4 Å². The lowest BCUT2D eigenvalue weighted by atomic mass is 10.0. The maximum atomic E-state index is 15.3. The first-order chi connectivity index (χ1) is 16.7. The van der Waals surface area contributed by atoms with Gasteiger partial charge in [-0.15, -0.1) is 0 Å². The van der Waals surface area contributed by atoms with Crippen molar-refractivity contribution in [1.29, 1.82) is 0 Å². The molecule has 0 aromatic heterocycles. The normalized spacial score (nSPS) is 15.8. The highest BCUT2D eigenvalue weighted by molar-refractivity contribution is 7.90. The second-order valence-electron chi connectivity index (χ2n) is 8.69. The molecule has 0 aliphatic carbocycles. The zero-order valence-corrected chi connectivity index (χ0v) is 20.8. The minimum atomic E-state index is -3.85. The molecule has 0 bridgehead atoms. The summed E-state index contributed by atoms with van der Waals surface area (Å²) in [5.41, 5.74) is 2.52. The van der Waals surface area contributed by atoms with Crippen LogP contribution in [0.15, 0.2) is 65.6 Å². The Bertz CT molecular complexity index is 1340. The van der Waals surface area contributed by atoms with Gasteiger partial charge in [0.25, 0.3) is 5.91 Å². The molecule has 0 saturated carbocycles. The SMILES string of the molecule is COc1ccccc1S(=O)(=O)Cc1cccc(O[C@H]2CCN(C(=O)c3c(C)cccc3C)C2)c1F. The Hall–Kier alpha value is -3.39. The van der Waals surface area contributed by atoms with Crippen LogP contribution in [0.4, 0.5) is 4.39 Å². The first kappa shape index (κ1) is 24.7. The molecule has 1 aliphatic heterocycles. The lowest BCUT2D eigenvalue weighted by molar-refractivity contribution is 0.0770. The molecule has 1 saturated heterocycles. The Morgan fingerprint density at radius 3 is 2.37 bits per heavy atom. The van der Waals surface area contributed by atoms with Gasteiger partial charge in [0.2, 0.25) is 0 Å². The number of amides is 1. The van der Waals surface area contributed by atoms with Crippen LogP contribution < -0.4 is 9.47 Å². The summed E-state index contributed by atoms with van der Waals surface area (Å²) in [5, 5.41) is 0. The number of carbonyl (C=O) groups excluding carboxylic acids is 1. The van der Waals surface area contributed by atoms with Crippen molar-refractivity contribution in [2.75, 3.05) is 20.2 Å². The molecule has 1 atom stereocenters. The van der Waals surface area contributed by atoms with Crippen molar-refractivity contribution in [1.82, 2.24) is 4.90 Å². The molecular formula is C27H28FNO5S. The highest BCUT2D eigenvalue weighted by Gasteiger charge is 2.31. The Balaban J connectivity index is 1.49. The van der Waals surface area contributed by atoms with Crippen molar-refractivity contribution in [2.45, 2.75) is 37.0 Å². The molecule has 0 spiro atoms. The van der Waals surface area contributed by atoms with E-state index >= 15 is 4.39 Å². The van der Waals surface area contributed by atoms with Crippen LogP contribution in [0.5, 0.6) is 11.5 Å². The number of rotatable bonds is 7. The number of halogens is 1. The second-order valence-corrected chi connectivity index (χ2v) is 10.6. The van der Waals surface area contributed by atoms with Crippen LogP contribution in [0, 0.1) is 19.7 Å². The van der Waals surface area contributed by atoms with E-state index in [1.807, 2.05) is 32.0 Å². The van der Waals surface area contributed by atoms with Gasteiger partial charge < -0.3 is 14.4 Å². The quantitative estimate of drug-likeness (QED) is 0.472. The number of nitrogens with zero attached hydrogens (tertiary/aromatic N) is 1. The number of ether oxygens (including phenoxy) is 2. The zero-order valence-electron chi connectivity index (χ0n) is 20.0. The first-order valence-corrected chi connectivity index (χ1v) is 13.0.